The van der Waals surface area contributed by atoms with E-state index >= 15 is 0 Å². The number of hydrogen-bond donors (Lipinski definition) is 2. The average molecular weight is 218 g/mol. The molecule has 1 atom stereocenters. The Balaban J connectivity index is 1.71. The van der Waals surface area contributed by atoms with Crippen LogP contribution in [0.4, 0.5) is 0 Å². The van der Waals surface area contributed by atoms with Crippen molar-refractivity contribution in [1.82, 2.24) is 10.6 Å². The molecular weight excluding hydrogens is 200 g/mol. The van der Waals surface area contributed by atoms with E-state index in [9.17, 15) is 4.79 Å². The third-order valence-electron chi connectivity index (χ3n) is 2.93. The molecule has 16 heavy (non-hydrogen) atoms. The van der Waals surface area contributed by atoms with Gasteiger partial charge in [0.05, 0.1) is 0 Å². The van der Waals surface area contributed by atoms with E-state index in [4.69, 9.17) is 0 Å². The molecule has 1 fully saturated rings. The van der Waals surface area contributed by atoms with E-state index in [2.05, 4.69) is 10.6 Å². The van der Waals surface area contributed by atoms with Crippen molar-refractivity contribution in [2.75, 3.05) is 6.54 Å². The Bertz CT molecular complexity index is 331. The van der Waals surface area contributed by atoms with Crippen LogP contribution in [0.25, 0.3) is 0 Å². The topological polar surface area (TPSA) is 41.1 Å². The summed E-state index contributed by atoms with van der Waals surface area (Å²) in [6.45, 7) is 1.68. The number of benzene rings is 1. The van der Waals surface area contributed by atoms with Gasteiger partial charge in [-0.25, -0.2) is 0 Å². The van der Waals surface area contributed by atoms with Crippen LogP contribution in [0.2, 0.25) is 0 Å². The number of hydrogen-bond acceptors (Lipinski definition) is 2. The van der Waals surface area contributed by atoms with Gasteiger partial charge in [0.15, 0.2) is 0 Å². The summed E-state index contributed by atoms with van der Waals surface area (Å²) in [5.41, 5.74) is 1.15. The number of carbonyl (C=O) groups is 1. The average Bonchev–Trinajstić information content (AvgIpc) is 2.81. The first-order valence-corrected chi connectivity index (χ1v) is 5.88. The lowest BCUT2D eigenvalue weighted by atomic mass is 10.1. The monoisotopic (exact) mass is 218 g/mol. The second-order valence-corrected chi connectivity index (χ2v) is 4.26. The van der Waals surface area contributed by atoms with Crippen LogP contribution in [0.15, 0.2) is 30.3 Å². The molecule has 0 spiro atoms. The van der Waals surface area contributed by atoms with E-state index in [0.29, 0.717) is 19.0 Å². The van der Waals surface area contributed by atoms with Crippen molar-refractivity contribution in [2.45, 2.75) is 31.8 Å². The maximum absolute atomic E-state index is 11.6. The SMILES string of the molecule is O=C(CC1CCCN1)NCc1ccccc1. The fraction of sp³-hybridized carbons (Fsp3) is 0.462. The normalized spacial score (nSPS) is 19.6. The number of carbonyl (C=O) groups excluding carboxylic acids is 1. The summed E-state index contributed by atoms with van der Waals surface area (Å²) in [4.78, 5) is 11.6. The first-order chi connectivity index (χ1) is 7.84. The number of amides is 1. The first kappa shape index (κ1) is 11.1. The fourth-order valence-corrected chi connectivity index (χ4v) is 2.02. The van der Waals surface area contributed by atoms with E-state index in [1.54, 1.807) is 0 Å². The van der Waals surface area contributed by atoms with E-state index in [1.807, 2.05) is 30.3 Å². The van der Waals surface area contributed by atoms with Crippen molar-refractivity contribution in [3.8, 4) is 0 Å². The Morgan fingerprint density at radius 1 is 1.38 bits per heavy atom. The van der Waals surface area contributed by atoms with Gasteiger partial charge in [-0.2, -0.15) is 0 Å². The summed E-state index contributed by atoms with van der Waals surface area (Å²) in [7, 11) is 0. The molecule has 0 bridgehead atoms. The van der Waals surface area contributed by atoms with E-state index < -0.39 is 0 Å². The Labute approximate surface area is 96.2 Å². The maximum Gasteiger partial charge on any atom is 0.221 e. The van der Waals surface area contributed by atoms with Crippen LogP contribution < -0.4 is 10.6 Å². The maximum atomic E-state index is 11.6. The van der Waals surface area contributed by atoms with Gasteiger partial charge in [0.2, 0.25) is 5.91 Å². The fourth-order valence-electron chi connectivity index (χ4n) is 2.02. The number of nitrogens with one attached hydrogen (secondary N) is 2. The minimum absolute atomic E-state index is 0.142. The van der Waals surface area contributed by atoms with Crippen molar-refractivity contribution < 1.29 is 4.79 Å². The second kappa shape index (κ2) is 5.66. The molecule has 1 saturated heterocycles. The summed E-state index contributed by atoms with van der Waals surface area (Å²) in [6, 6.07) is 10.4. The molecule has 2 rings (SSSR count). The first-order valence-electron chi connectivity index (χ1n) is 5.88. The molecule has 0 radical (unpaired) electrons. The highest BCUT2D eigenvalue weighted by molar-refractivity contribution is 5.76. The van der Waals surface area contributed by atoms with Crippen LogP contribution in [0.5, 0.6) is 0 Å². The molecule has 1 unspecified atom stereocenters. The third-order valence-corrected chi connectivity index (χ3v) is 2.93. The van der Waals surface area contributed by atoms with Gasteiger partial charge >= 0.3 is 0 Å². The zero-order chi connectivity index (χ0) is 11.2. The van der Waals surface area contributed by atoms with Gasteiger partial charge in [-0.1, -0.05) is 30.3 Å². The lowest BCUT2D eigenvalue weighted by Crippen LogP contribution is -2.31. The third kappa shape index (κ3) is 3.35. The molecule has 1 aliphatic rings. The quantitative estimate of drug-likeness (QED) is 0.803. The Kier molecular flexibility index (Phi) is 3.94. The molecule has 1 heterocycles. The predicted octanol–water partition coefficient (Wildman–Crippen LogP) is 1.44. The van der Waals surface area contributed by atoms with Gasteiger partial charge in [-0.15, -0.1) is 0 Å². The van der Waals surface area contributed by atoms with Gasteiger partial charge in [0.25, 0.3) is 0 Å². The summed E-state index contributed by atoms with van der Waals surface area (Å²) in [5.74, 6) is 0.142. The molecule has 1 aromatic carbocycles. The molecule has 1 amide bonds. The van der Waals surface area contributed by atoms with Crippen molar-refractivity contribution in [3.05, 3.63) is 35.9 Å². The highest BCUT2D eigenvalue weighted by atomic mass is 16.1. The summed E-state index contributed by atoms with van der Waals surface area (Å²) >= 11 is 0. The van der Waals surface area contributed by atoms with Crippen LogP contribution in [-0.4, -0.2) is 18.5 Å². The van der Waals surface area contributed by atoms with E-state index in [1.165, 1.54) is 6.42 Å². The van der Waals surface area contributed by atoms with Crippen molar-refractivity contribution >= 4 is 5.91 Å². The van der Waals surface area contributed by atoms with Crippen LogP contribution in [0.1, 0.15) is 24.8 Å². The van der Waals surface area contributed by atoms with Gasteiger partial charge in [0, 0.05) is 19.0 Å². The zero-order valence-electron chi connectivity index (χ0n) is 9.41. The van der Waals surface area contributed by atoms with Crippen LogP contribution in [0.3, 0.4) is 0 Å². The summed E-state index contributed by atoms with van der Waals surface area (Å²) in [5, 5.41) is 6.27. The molecule has 86 valence electrons. The molecule has 3 heteroatoms. The molecule has 1 aliphatic heterocycles. The number of rotatable bonds is 4. The van der Waals surface area contributed by atoms with Crippen molar-refractivity contribution in [3.63, 3.8) is 0 Å². The Hall–Kier alpha value is -1.35. The van der Waals surface area contributed by atoms with Gasteiger partial charge in [0.1, 0.15) is 0 Å². The summed E-state index contributed by atoms with van der Waals surface area (Å²) in [6.07, 6.45) is 2.92. The predicted molar refractivity (Wildman–Crippen MR) is 63.9 cm³/mol. The molecule has 0 aliphatic carbocycles. The van der Waals surface area contributed by atoms with Crippen LogP contribution in [-0.2, 0) is 11.3 Å². The molecular formula is C13H18N2O. The van der Waals surface area contributed by atoms with Gasteiger partial charge < -0.3 is 10.6 Å². The van der Waals surface area contributed by atoms with Crippen LogP contribution in [0, 0.1) is 0 Å². The van der Waals surface area contributed by atoms with E-state index in [0.717, 1.165) is 18.5 Å². The molecule has 1 aromatic rings. The molecule has 3 nitrogen and oxygen atoms in total. The minimum Gasteiger partial charge on any atom is -0.352 e. The standard InChI is InChI=1S/C13H18N2O/c16-13(9-12-7-4-8-14-12)15-10-11-5-2-1-3-6-11/h1-3,5-6,12,14H,4,7-10H2,(H,15,16). The zero-order valence-corrected chi connectivity index (χ0v) is 9.41. The molecule has 0 saturated carbocycles. The second-order valence-electron chi connectivity index (χ2n) is 4.26. The van der Waals surface area contributed by atoms with Gasteiger partial charge in [-0.05, 0) is 24.9 Å². The van der Waals surface area contributed by atoms with Crippen molar-refractivity contribution in [2.24, 2.45) is 0 Å². The lowest BCUT2D eigenvalue weighted by molar-refractivity contribution is -0.121. The van der Waals surface area contributed by atoms with Crippen molar-refractivity contribution in [1.29, 1.82) is 0 Å². The highest BCUT2D eigenvalue weighted by Gasteiger charge is 2.17. The molecule has 2 N–H and O–H groups in total. The lowest BCUT2D eigenvalue weighted by Gasteiger charge is -2.10. The molecule has 0 aromatic heterocycles. The van der Waals surface area contributed by atoms with E-state index in [-0.39, 0.29) is 5.91 Å². The highest BCUT2D eigenvalue weighted by Crippen LogP contribution is 2.08. The minimum atomic E-state index is 0.142. The Morgan fingerprint density at radius 3 is 2.88 bits per heavy atom. The summed E-state index contributed by atoms with van der Waals surface area (Å²) < 4.78 is 0. The largest absolute Gasteiger partial charge is 0.352 e. The van der Waals surface area contributed by atoms with Gasteiger partial charge in [-0.3, -0.25) is 4.79 Å². The Morgan fingerprint density at radius 2 is 2.19 bits per heavy atom. The van der Waals surface area contributed by atoms with Crippen LogP contribution >= 0.6 is 0 Å². The smallest absolute Gasteiger partial charge is 0.221 e.